The first-order chi connectivity index (χ1) is 13.1. The third-order valence-electron chi connectivity index (χ3n) is 4.80. The summed E-state index contributed by atoms with van der Waals surface area (Å²) in [4.78, 5) is 46.6. The second-order valence-corrected chi connectivity index (χ2v) is 7.32. The number of esters is 1. The lowest BCUT2D eigenvalue weighted by molar-refractivity contribution is -0.490. The van der Waals surface area contributed by atoms with Crippen LogP contribution in [-0.2, 0) is 19.1 Å². The molecule has 10 heteroatoms. The van der Waals surface area contributed by atoms with Gasteiger partial charge < -0.3 is 10.1 Å². The van der Waals surface area contributed by atoms with Gasteiger partial charge in [0.1, 0.15) is 11.6 Å². The molecule has 1 N–H and O–H groups in total. The topological polar surface area (TPSA) is 116 Å². The fourth-order valence-corrected chi connectivity index (χ4v) is 3.46. The van der Waals surface area contributed by atoms with Crippen LogP contribution >= 0.6 is 11.6 Å². The van der Waals surface area contributed by atoms with Gasteiger partial charge in [0.05, 0.1) is 12.1 Å². The molecule has 1 fully saturated rings. The van der Waals surface area contributed by atoms with Crippen LogP contribution in [0.2, 0.25) is 5.02 Å². The van der Waals surface area contributed by atoms with Crippen LogP contribution in [0.3, 0.4) is 0 Å². The number of Topliss-reactive ketones (excluding diaryl/α,β-unsaturated/α-hetero) is 1. The lowest BCUT2D eigenvalue weighted by Gasteiger charge is -2.18. The number of ether oxygens (including phenoxy) is 1. The van der Waals surface area contributed by atoms with Crippen molar-refractivity contribution in [2.45, 2.75) is 32.8 Å². The Morgan fingerprint density at radius 3 is 2.75 bits per heavy atom. The molecule has 0 spiro atoms. The Morgan fingerprint density at radius 1 is 1.46 bits per heavy atom. The Labute approximate surface area is 165 Å². The van der Waals surface area contributed by atoms with E-state index in [0.29, 0.717) is 0 Å². The fourth-order valence-electron chi connectivity index (χ4n) is 3.30. The highest BCUT2D eigenvalue weighted by atomic mass is 35.5. The summed E-state index contributed by atoms with van der Waals surface area (Å²) >= 11 is 5.64. The van der Waals surface area contributed by atoms with Crippen LogP contribution in [0, 0.1) is 33.7 Å². The van der Waals surface area contributed by atoms with Crippen LogP contribution in [0.25, 0.3) is 0 Å². The van der Waals surface area contributed by atoms with Crippen molar-refractivity contribution in [3.8, 4) is 0 Å². The van der Waals surface area contributed by atoms with E-state index in [1.165, 1.54) is 19.1 Å². The molecule has 1 saturated carbocycles. The monoisotopic (exact) mass is 414 g/mol. The number of nitrogens with one attached hydrogen (secondary N) is 1. The predicted molar refractivity (Wildman–Crippen MR) is 97.8 cm³/mol. The third-order valence-corrected chi connectivity index (χ3v) is 5.03. The molecule has 1 amide bonds. The summed E-state index contributed by atoms with van der Waals surface area (Å²) in [6.07, 6.45) is -1.41. The van der Waals surface area contributed by atoms with Gasteiger partial charge in [0.2, 0.25) is 6.54 Å². The Hall–Kier alpha value is -2.55. The van der Waals surface area contributed by atoms with E-state index in [2.05, 4.69) is 5.32 Å². The van der Waals surface area contributed by atoms with Crippen molar-refractivity contribution < 1.29 is 28.4 Å². The summed E-state index contributed by atoms with van der Waals surface area (Å²) < 4.78 is 18.8. The minimum atomic E-state index is -1.24. The van der Waals surface area contributed by atoms with Crippen molar-refractivity contribution in [2.75, 3.05) is 11.9 Å². The van der Waals surface area contributed by atoms with Crippen molar-refractivity contribution in [1.82, 2.24) is 0 Å². The van der Waals surface area contributed by atoms with E-state index in [4.69, 9.17) is 16.3 Å². The molecule has 1 aliphatic carbocycles. The number of halogens is 2. The number of nitrogens with zero attached hydrogens (tertiary/aromatic N) is 1. The predicted octanol–water partition coefficient (Wildman–Crippen LogP) is 2.86. The number of anilines is 1. The molecule has 1 aromatic rings. The fraction of sp³-hybridized carbons (Fsp3) is 0.500. The van der Waals surface area contributed by atoms with Gasteiger partial charge in [-0.3, -0.25) is 24.5 Å². The summed E-state index contributed by atoms with van der Waals surface area (Å²) in [6, 6.07) is 3.68. The lowest BCUT2D eigenvalue weighted by atomic mass is 9.88. The van der Waals surface area contributed by atoms with E-state index in [-0.39, 0.29) is 35.3 Å². The first-order valence-electron chi connectivity index (χ1n) is 8.68. The molecule has 0 heterocycles. The van der Waals surface area contributed by atoms with Gasteiger partial charge in [0.15, 0.2) is 6.10 Å². The van der Waals surface area contributed by atoms with E-state index in [9.17, 15) is 28.9 Å². The van der Waals surface area contributed by atoms with Crippen LogP contribution in [0.1, 0.15) is 26.7 Å². The summed E-state index contributed by atoms with van der Waals surface area (Å²) in [6.45, 7) is 2.62. The van der Waals surface area contributed by atoms with E-state index >= 15 is 0 Å². The van der Waals surface area contributed by atoms with Crippen molar-refractivity contribution in [3.63, 3.8) is 0 Å². The van der Waals surface area contributed by atoms with Gasteiger partial charge >= 0.3 is 5.97 Å². The average molecular weight is 415 g/mol. The molecule has 28 heavy (non-hydrogen) atoms. The maximum absolute atomic E-state index is 13.7. The number of hydrogen-bond donors (Lipinski definition) is 1. The number of carbonyl (C=O) groups excluding carboxylic acids is 3. The maximum atomic E-state index is 13.7. The molecule has 0 unspecified atom stereocenters. The van der Waals surface area contributed by atoms with E-state index in [0.717, 1.165) is 6.07 Å². The van der Waals surface area contributed by atoms with Crippen LogP contribution in [0.5, 0.6) is 0 Å². The number of benzene rings is 1. The van der Waals surface area contributed by atoms with Crippen LogP contribution in [0.15, 0.2) is 18.2 Å². The Bertz CT molecular complexity index is 802. The Balaban J connectivity index is 1.94. The van der Waals surface area contributed by atoms with Crippen molar-refractivity contribution in [3.05, 3.63) is 39.2 Å². The molecule has 0 bridgehead atoms. The zero-order chi connectivity index (χ0) is 21.0. The highest BCUT2D eigenvalue weighted by Crippen LogP contribution is 2.36. The minimum absolute atomic E-state index is 0.122. The molecule has 1 aromatic carbocycles. The smallest absolute Gasteiger partial charge is 0.307 e. The first kappa shape index (κ1) is 21.7. The molecule has 1 aliphatic rings. The molecule has 2 rings (SSSR count). The number of nitro groups is 1. The molecule has 0 radical (unpaired) electrons. The highest BCUT2D eigenvalue weighted by molar-refractivity contribution is 6.30. The standard InChI is InChI=1S/C18H20ClFN2O6/c1-9-5-16(23)12(13(9)8-22(26)27)7-17(24)28-10(2)18(25)21-15-4-3-11(19)6-14(15)20/h3-4,6,9-10,12-13H,5,7-8H2,1-2H3,(H,21,25)/t9-,10-,12+,13+/m0/s1. The van der Waals surface area contributed by atoms with Gasteiger partial charge in [-0.05, 0) is 31.0 Å². The quantitative estimate of drug-likeness (QED) is 0.416. The van der Waals surface area contributed by atoms with Gasteiger partial charge in [0, 0.05) is 28.2 Å². The number of hydrogen-bond acceptors (Lipinski definition) is 6. The summed E-state index contributed by atoms with van der Waals surface area (Å²) in [5.41, 5.74) is -0.122. The third kappa shape index (κ3) is 5.48. The van der Waals surface area contributed by atoms with Gasteiger partial charge in [-0.25, -0.2) is 4.39 Å². The van der Waals surface area contributed by atoms with Gasteiger partial charge in [-0.15, -0.1) is 0 Å². The molecular weight excluding hydrogens is 395 g/mol. The van der Waals surface area contributed by atoms with Gasteiger partial charge in [-0.2, -0.15) is 0 Å². The first-order valence-corrected chi connectivity index (χ1v) is 9.06. The molecule has 0 aromatic heterocycles. The van der Waals surface area contributed by atoms with Crippen LogP contribution in [0.4, 0.5) is 10.1 Å². The largest absolute Gasteiger partial charge is 0.453 e. The molecule has 0 saturated heterocycles. The van der Waals surface area contributed by atoms with E-state index in [1.54, 1.807) is 6.92 Å². The maximum Gasteiger partial charge on any atom is 0.307 e. The van der Waals surface area contributed by atoms with E-state index in [1.807, 2.05) is 0 Å². The molecule has 0 aliphatic heterocycles. The number of ketones is 1. The molecule has 8 nitrogen and oxygen atoms in total. The number of carbonyl (C=O) groups is 3. The summed E-state index contributed by atoms with van der Waals surface area (Å²) in [5.74, 6) is -4.12. The minimum Gasteiger partial charge on any atom is -0.453 e. The van der Waals surface area contributed by atoms with Gasteiger partial charge in [0.25, 0.3) is 5.91 Å². The van der Waals surface area contributed by atoms with Gasteiger partial charge in [-0.1, -0.05) is 18.5 Å². The second kappa shape index (κ2) is 9.09. The molecule has 4 atom stereocenters. The SMILES string of the molecule is C[C@H](OC(=O)C[C@H]1C(=O)C[C@H](C)[C@H]1C[N+](=O)[O-])C(=O)Nc1ccc(Cl)cc1F. The van der Waals surface area contributed by atoms with Crippen LogP contribution in [-0.4, -0.2) is 35.2 Å². The summed E-state index contributed by atoms with van der Waals surface area (Å²) in [7, 11) is 0. The van der Waals surface area contributed by atoms with Crippen molar-refractivity contribution in [2.24, 2.45) is 17.8 Å². The van der Waals surface area contributed by atoms with Crippen LogP contribution < -0.4 is 5.32 Å². The Kier molecular flexibility index (Phi) is 7.06. The lowest BCUT2D eigenvalue weighted by Crippen LogP contribution is -2.32. The Morgan fingerprint density at radius 2 is 2.14 bits per heavy atom. The molecule has 152 valence electrons. The second-order valence-electron chi connectivity index (χ2n) is 6.88. The highest BCUT2D eigenvalue weighted by Gasteiger charge is 2.44. The van der Waals surface area contributed by atoms with Crippen molar-refractivity contribution in [1.29, 1.82) is 0 Å². The zero-order valence-corrected chi connectivity index (χ0v) is 16.1. The normalized spacial score (nSPS) is 22.6. The van der Waals surface area contributed by atoms with Crippen molar-refractivity contribution >= 4 is 34.9 Å². The zero-order valence-electron chi connectivity index (χ0n) is 15.3. The number of rotatable bonds is 7. The molecular formula is C18H20ClFN2O6. The number of amides is 1. The van der Waals surface area contributed by atoms with E-state index < -0.39 is 47.1 Å². The summed E-state index contributed by atoms with van der Waals surface area (Å²) in [5, 5.41) is 13.3. The average Bonchev–Trinajstić information content (AvgIpc) is 2.83.